The maximum atomic E-state index is 11.5. The van der Waals surface area contributed by atoms with E-state index in [9.17, 15) is 4.79 Å². The summed E-state index contributed by atoms with van der Waals surface area (Å²) in [5.74, 6) is -0.255. The predicted molar refractivity (Wildman–Crippen MR) is 73.2 cm³/mol. The summed E-state index contributed by atoms with van der Waals surface area (Å²) in [7, 11) is 0. The molecule has 0 amide bonds. The van der Waals surface area contributed by atoms with E-state index in [2.05, 4.69) is 21.2 Å². The van der Waals surface area contributed by atoms with Gasteiger partial charge in [-0.3, -0.25) is 4.79 Å². The summed E-state index contributed by atoms with van der Waals surface area (Å²) in [5.41, 5.74) is 1.60. The lowest BCUT2D eigenvalue weighted by atomic mass is 10.2. The van der Waals surface area contributed by atoms with Crippen LogP contribution >= 0.6 is 15.9 Å². The van der Waals surface area contributed by atoms with Crippen molar-refractivity contribution >= 4 is 27.6 Å². The molecule has 0 heterocycles. The second kappa shape index (κ2) is 5.54. The van der Waals surface area contributed by atoms with Gasteiger partial charge < -0.3 is 10.1 Å². The Bertz CT molecular complexity index is 390. The summed E-state index contributed by atoms with van der Waals surface area (Å²) in [6.45, 7) is 7.74. The lowest BCUT2D eigenvalue weighted by Crippen LogP contribution is -2.28. The number of nitrogens with one attached hydrogen (secondary N) is 1. The van der Waals surface area contributed by atoms with Gasteiger partial charge in [-0.15, -0.1) is 0 Å². The third kappa shape index (κ3) is 5.73. The van der Waals surface area contributed by atoms with Gasteiger partial charge in [0, 0.05) is 10.2 Å². The molecule has 0 aromatic heterocycles. The zero-order valence-electron chi connectivity index (χ0n) is 10.6. The van der Waals surface area contributed by atoms with Gasteiger partial charge in [-0.25, -0.2) is 0 Å². The van der Waals surface area contributed by atoms with Crippen LogP contribution < -0.4 is 5.32 Å². The third-order valence-corrected chi connectivity index (χ3v) is 2.36. The van der Waals surface area contributed by atoms with Crippen LogP contribution in [0.5, 0.6) is 0 Å². The number of carbonyl (C=O) groups is 1. The number of anilines is 1. The molecule has 3 nitrogen and oxygen atoms in total. The number of rotatable bonds is 3. The van der Waals surface area contributed by atoms with Crippen molar-refractivity contribution in [2.24, 2.45) is 0 Å². The first-order valence-corrected chi connectivity index (χ1v) is 6.28. The second-order valence-electron chi connectivity index (χ2n) is 4.96. The predicted octanol–water partition coefficient (Wildman–Crippen LogP) is 3.51. The molecule has 0 spiro atoms. The summed E-state index contributed by atoms with van der Waals surface area (Å²) in [5, 5.41) is 3.04. The highest BCUT2D eigenvalue weighted by atomic mass is 79.9. The molecule has 1 rings (SSSR count). The normalized spacial score (nSPS) is 11.1. The molecule has 0 aliphatic heterocycles. The highest BCUT2D eigenvalue weighted by molar-refractivity contribution is 9.10. The van der Waals surface area contributed by atoms with Crippen LogP contribution in [0.3, 0.4) is 0 Å². The number of hydrogen-bond donors (Lipinski definition) is 1. The minimum Gasteiger partial charge on any atom is -0.459 e. The molecule has 0 bridgehead atoms. The van der Waals surface area contributed by atoms with Gasteiger partial charge >= 0.3 is 5.97 Å². The Morgan fingerprint density at radius 2 is 2.00 bits per heavy atom. The summed E-state index contributed by atoms with van der Waals surface area (Å²) < 4.78 is 6.20. The van der Waals surface area contributed by atoms with E-state index in [4.69, 9.17) is 4.74 Å². The third-order valence-electron chi connectivity index (χ3n) is 1.90. The van der Waals surface area contributed by atoms with Gasteiger partial charge in [0.2, 0.25) is 0 Å². The molecule has 0 atom stereocenters. The van der Waals surface area contributed by atoms with Gasteiger partial charge in [-0.05, 0) is 51.5 Å². The van der Waals surface area contributed by atoms with Gasteiger partial charge in [-0.1, -0.05) is 15.9 Å². The van der Waals surface area contributed by atoms with Crippen LogP contribution in [0.25, 0.3) is 0 Å². The van der Waals surface area contributed by atoms with E-state index < -0.39 is 5.60 Å². The Morgan fingerprint density at radius 3 is 2.53 bits per heavy atom. The van der Waals surface area contributed by atoms with E-state index in [1.807, 2.05) is 45.9 Å². The van der Waals surface area contributed by atoms with E-state index in [1.165, 1.54) is 0 Å². The summed E-state index contributed by atoms with van der Waals surface area (Å²) in [6.07, 6.45) is 0. The number of halogens is 1. The van der Waals surface area contributed by atoms with Crippen LogP contribution in [0.4, 0.5) is 5.69 Å². The molecule has 0 saturated heterocycles. The average molecular weight is 300 g/mol. The minimum absolute atomic E-state index is 0.174. The van der Waals surface area contributed by atoms with Gasteiger partial charge in [-0.2, -0.15) is 0 Å². The van der Waals surface area contributed by atoms with Crippen LogP contribution in [0.15, 0.2) is 22.7 Å². The summed E-state index contributed by atoms with van der Waals surface area (Å²) in [4.78, 5) is 11.5. The maximum absolute atomic E-state index is 11.5. The summed E-state index contributed by atoms with van der Waals surface area (Å²) >= 11 is 3.41. The first-order chi connectivity index (χ1) is 7.76. The fourth-order valence-corrected chi connectivity index (χ4v) is 2.00. The molecule has 0 fully saturated rings. The Morgan fingerprint density at radius 1 is 1.35 bits per heavy atom. The van der Waals surface area contributed by atoms with E-state index >= 15 is 0 Å². The van der Waals surface area contributed by atoms with Crippen molar-refractivity contribution in [3.8, 4) is 0 Å². The van der Waals surface area contributed by atoms with Crippen LogP contribution in [0.2, 0.25) is 0 Å². The van der Waals surface area contributed by atoms with Crippen LogP contribution in [-0.2, 0) is 9.53 Å². The fourth-order valence-electron chi connectivity index (χ4n) is 1.39. The standard InChI is InChI=1S/C13H18BrNO2/c1-9-5-10(14)7-11(6-9)15-8-12(16)17-13(2,3)4/h5-7,15H,8H2,1-4H3. The van der Waals surface area contributed by atoms with Gasteiger partial charge in [0.05, 0.1) is 0 Å². The average Bonchev–Trinajstić information content (AvgIpc) is 2.10. The molecule has 0 radical (unpaired) electrons. The van der Waals surface area contributed by atoms with Crippen molar-refractivity contribution in [3.63, 3.8) is 0 Å². The molecular formula is C13H18BrNO2. The second-order valence-corrected chi connectivity index (χ2v) is 5.87. The van der Waals surface area contributed by atoms with Crippen LogP contribution in [-0.4, -0.2) is 18.1 Å². The molecule has 1 N–H and O–H groups in total. The monoisotopic (exact) mass is 299 g/mol. The summed E-state index contributed by atoms with van der Waals surface area (Å²) in [6, 6.07) is 5.92. The Hall–Kier alpha value is -1.03. The smallest absolute Gasteiger partial charge is 0.325 e. The Kier molecular flexibility index (Phi) is 4.57. The molecule has 1 aromatic rings. The van der Waals surface area contributed by atoms with Gasteiger partial charge in [0.1, 0.15) is 12.1 Å². The number of carbonyl (C=O) groups excluding carboxylic acids is 1. The van der Waals surface area contributed by atoms with Gasteiger partial charge in [0.15, 0.2) is 0 Å². The number of ether oxygens (including phenoxy) is 1. The molecule has 1 aromatic carbocycles. The molecule has 94 valence electrons. The fraction of sp³-hybridized carbons (Fsp3) is 0.462. The van der Waals surface area contributed by atoms with E-state index in [1.54, 1.807) is 0 Å². The van der Waals surface area contributed by atoms with E-state index in [-0.39, 0.29) is 12.5 Å². The number of aryl methyl sites for hydroxylation is 1. The number of benzene rings is 1. The highest BCUT2D eigenvalue weighted by Gasteiger charge is 2.15. The Labute approximate surface area is 111 Å². The van der Waals surface area contributed by atoms with E-state index in [0.29, 0.717) is 0 Å². The van der Waals surface area contributed by atoms with Crippen LogP contribution in [0, 0.1) is 6.92 Å². The van der Waals surface area contributed by atoms with Crippen molar-refractivity contribution in [1.82, 2.24) is 0 Å². The molecule has 17 heavy (non-hydrogen) atoms. The lowest BCUT2D eigenvalue weighted by molar-refractivity contribution is -0.152. The maximum Gasteiger partial charge on any atom is 0.325 e. The molecule has 0 unspecified atom stereocenters. The van der Waals surface area contributed by atoms with Crippen LogP contribution in [0.1, 0.15) is 26.3 Å². The van der Waals surface area contributed by atoms with E-state index in [0.717, 1.165) is 15.7 Å². The number of esters is 1. The molecule has 0 saturated carbocycles. The van der Waals surface area contributed by atoms with Crippen molar-refractivity contribution in [3.05, 3.63) is 28.2 Å². The first-order valence-electron chi connectivity index (χ1n) is 5.49. The topological polar surface area (TPSA) is 38.3 Å². The molecule has 0 aliphatic carbocycles. The van der Waals surface area contributed by atoms with Crippen molar-refractivity contribution in [2.75, 3.05) is 11.9 Å². The molecule has 4 heteroatoms. The minimum atomic E-state index is -0.439. The largest absolute Gasteiger partial charge is 0.459 e. The molecular weight excluding hydrogens is 282 g/mol. The zero-order chi connectivity index (χ0) is 13.1. The SMILES string of the molecule is Cc1cc(Br)cc(NCC(=O)OC(C)(C)C)c1. The van der Waals surface area contributed by atoms with Crippen molar-refractivity contribution in [1.29, 1.82) is 0 Å². The lowest BCUT2D eigenvalue weighted by Gasteiger charge is -2.19. The first kappa shape index (κ1) is 14.0. The van der Waals surface area contributed by atoms with Gasteiger partial charge in [0.25, 0.3) is 0 Å². The number of hydrogen-bond acceptors (Lipinski definition) is 3. The molecule has 0 aliphatic rings. The highest BCUT2D eigenvalue weighted by Crippen LogP contribution is 2.19. The van der Waals surface area contributed by atoms with Crippen molar-refractivity contribution in [2.45, 2.75) is 33.3 Å². The quantitative estimate of drug-likeness (QED) is 0.868. The van der Waals surface area contributed by atoms with Crippen molar-refractivity contribution < 1.29 is 9.53 Å². The Balaban J connectivity index is 2.53. The zero-order valence-corrected chi connectivity index (χ0v) is 12.2.